The van der Waals surface area contributed by atoms with Crippen LogP contribution in [0.3, 0.4) is 0 Å². The van der Waals surface area contributed by atoms with E-state index in [0.717, 1.165) is 46.6 Å². The van der Waals surface area contributed by atoms with Crippen LogP contribution in [-0.4, -0.2) is 32.5 Å². The van der Waals surface area contributed by atoms with Crippen molar-refractivity contribution in [2.45, 2.75) is 36.9 Å². The van der Waals surface area contributed by atoms with E-state index in [2.05, 4.69) is 38.3 Å². The van der Waals surface area contributed by atoms with E-state index in [-0.39, 0.29) is 5.91 Å². The Bertz CT molecular complexity index is 857. The molecule has 7 heteroatoms. The summed E-state index contributed by atoms with van der Waals surface area (Å²) in [5.74, 6) is 1.87. The topological polar surface area (TPSA) is 59.8 Å². The third kappa shape index (κ3) is 4.16. The highest BCUT2D eigenvalue weighted by molar-refractivity contribution is 7.99. The summed E-state index contributed by atoms with van der Waals surface area (Å²) in [5.41, 5.74) is 1.05. The minimum absolute atomic E-state index is 0.164. The van der Waals surface area contributed by atoms with Gasteiger partial charge in [-0.3, -0.25) is 9.36 Å². The molecule has 1 aromatic carbocycles. The van der Waals surface area contributed by atoms with Crippen LogP contribution in [0.5, 0.6) is 0 Å². The molecule has 0 aliphatic heterocycles. The highest BCUT2D eigenvalue weighted by Gasteiger charge is 2.23. The standard InChI is InChI=1S/C19H20N4OS2/c24-17(20-14-10-11-14)9-5-13-26-19-22-21-18(16-8-4-12-25-16)23(19)15-6-2-1-3-7-15/h1-4,6-8,12,14H,5,9-11,13H2,(H,20,24). The zero-order valence-corrected chi connectivity index (χ0v) is 15.9. The molecule has 0 saturated heterocycles. The molecule has 1 aliphatic carbocycles. The molecule has 3 aromatic rings. The van der Waals surface area contributed by atoms with Crippen LogP contribution in [0.1, 0.15) is 25.7 Å². The van der Waals surface area contributed by atoms with Crippen LogP contribution in [0.15, 0.2) is 53.0 Å². The van der Waals surface area contributed by atoms with Crippen molar-refractivity contribution in [3.63, 3.8) is 0 Å². The fourth-order valence-electron chi connectivity index (χ4n) is 2.66. The summed E-state index contributed by atoms with van der Waals surface area (Å²) >= 11 is 3.31. The van der Waals surface area contributed by atoms with E-state index < -0.39 is 0 Å². The monoisotopic (exact) mass is 384 g/mol. The molecule has 0 atom stereocenters. The normalized spacial score (nSPS) is 13.7. The molecule has 26 heavy (non-hydrogen) atoms. The molecule has 1 aliphatic rings. The quantitative estimate of drug-likeness (QED) is 0.468. The molecular weight excluding hydrogens is 364 g/mol. The van der Waals surface area contributed by atoms with E-state index >= 15 is 0 Å². The van der Waals surface area contributed by atoms with Gasteiger partial charge in [0.1, 0.15) is 0 Å². The summed E-state index contributed by atoms with van der Waals surface area (Å²) in [6.45, 7) is 0. The maximum atomic E-state index is 11.8. The summed E-state index contributed by atoms with van der Waals surface area (Å²) in [4.78, 5) is 12.9. The van der Waals surface area contributed by atoms with Crippen molar-refractivity contribution < 1.29 is 4.79 Å². The van der Waals surface area contributed by atoms with Crippen LogP contribution in [0.4, 0.5) is 0 Å². The van der Waals surface area contributed by atoms with Gasteiger partial charge in [-0.1, -0.05) is 36.0 Å². The van der Waals surface area contributed by atoms with Gasteiger partial charge in [-0.05, 0) is 42.8 Å². The van der Waals surface area contributed by atoms with Gasteiger partial charge in [0, 0.05) is 23.9 Å². The molecule has 1 fully saturated rings. The largest absolute Gasteiger partial charge is 0.353 e. The second-order valence-corrected chi connectivity index (χ2v) is 8.26. The fraction of sp³-hybridized carbons (Fsp3) is 0.316. The number of nitrogens with zero attached hydrogens (tertiary/aromatic N) is 3. The maximum Gasteiger partial charge on any atom is 0.220 e. The molecule has 1 saturated carbocycles. The van der Waals surface area contributed by atoms with Crippen molar-refractivity contribution in [3.05, 3.63) is 47.8 Å². The van der Waals surface area contributed by atoms with Crippen LogP contribution in [0.2, 0.25) is 0 Å². The van der Waals surface area contributed by atoms with E-state index in [4.69, 9.17) is 0 Å². The predicted octanol–water partition coefficient (Wildman–Crippen LogP) is 4.15. The van der Waals surface area contributed by atoms with Crippen molar-refractivity contribution in [1.82, 2.24) is 20.1 Å². The van der Waals surface area contributed by atoms with Crippen molar-refractivity contribution >= 4 is 29.0 Å². The minimum atomic E-state index is 0.164. The molecule has 0 radical (unpaired) electrons. The molecule has 0 bridgehead atoms. The van der Waals surface area contributed by atoms with Gasteiger partial charge in [-0.2, -0.15) is 0 Å². The number of carbonyl (C=O) groups is 1. The lowest BCUT2D eigenvalue weighted by molar-refractivity contribution is -0.121. The lowest BCUT2D eigenvalue weighted by Crippen LogP contribution is -2.25. The van der Waals surface area contributed by atoms with Gasteiger partial charge in [0.2, 0.25) is 5.91 Å². The Morgan fingerprint density at radius 3 is 2.77 bits per heavy atom. The van der Waals surface area contributed by atoms with Gasteiger partial charge in [0.25, 0.3) is 0 Å². The van der Waals surface area contributed by atoms with Crippen LogP contribution < -0.4 is 5.32 Å². The SMILES string of the molecule is O=C(CCCSc1nnc(-c2cccs2)n1-c1ccccc1)NC1CC1. The first-order valence-corrected chi connectivity index (χ1v) is 10.6. The van der Waals surface area contributed by atoms with Crippen LogP contribution in [0.25, 0.3) is 16.4 Å². The number of nitrogens with one attached hydrogen (secondary N) is 1. The van der Waals surface area contributed by atoms with Gasteiger partial charge in [0.15, 0.2) is 11.0 Å². The summed E-state index contributed by atoms with van der Waals surface area (Å²) in [6.07, 6.45) is 3.66. The first-order chi connectivity index (χ1) is 12.8. The second kappa shape index (κ2) is 8.05. The van der Waals surface area contributed by atoms with E-state index in [9.17, 15) is 4.79 Å². The third-order valence-corrected chi connectivity index (χ3v) is 5.99. The molecule has 5 nitrogen and oxygen atoms in total. The summed E-state index contributed by atoms with van der Waals surface area (Å²) in [5, 5.41) is 14.8. The number of amides is 1. The van der Waals surface area contributed by atoms with E-state index in [0.29, 0.717) is 12.5 Å². The lowest BCUT2D eigenvalue weighted by atomic mass is 10.3. The van der Waals surface area contributed by atoms with E-state index in [1.54, 1.807) is 23.1 Å². The van der Waals surface area contributed by atoms with Crippen molar-refractivity contribution in [2.24, 2.45) is 0 Å². The fourth-order valence-corrected chi connectivity index (χ4v) is 4.25. The number of thiophene rings is 1. The van der Waals surface area contributed by atoms with Gasteiger partial charge < -0.3 is 5.32 Å². The number of aromatic nitrogens is 3. The summed E-state index contributed by atoms with van der Waals surface area (Å²) in [7, 11) is 0. The molecule has 2 heterocycles. The Kier molecular flexibility index (Phi) is 5.36. The number of benzene rings is 1. The van der Waals surface area contributed by atoms with Crippen molar-refractivity contribution in [2.75, 3.05) is 5.75 Å². The number of thioether (sulfide) groups is 1. The Hall–Kier alpha value is -2.12. The Morgan fingerprint density at radius 1 is 1.19 bits per heavy atom. The molecule has 4 rings (SSSR count). The number of para-hydroxylation sites is 1. The number of hydrogen-bond donors (Lipinski definition) is 1. The zero-order chi connectivity index (χ0) is 17.8. The predicted molar refractivity (Wildman–Crippen MR) is 106 cm³/mol. The van der Waals surface area contributed by atoms with Crippen LogP contribution in [-0.2, 0) is 4.79 Å². The van der Waals surface area contributed by atoms with Gasteiger partial charge in [-0.15, -0.1) is 21.5 Å². The second-order valence-electron chi connectivity index (χ2n) is 6.25. The molecule has 134 valence electrons. The highest BCUT2D eigenvalue weighted by Crippen LogP contribution is 2.30. The summed E-state index contributed by atoms with van der Waals surface area (Å²) in [6, 6.07) is 14.7. The van der Waals surface area contributed by atoms with Gasteiger partial charge >= 0.3 is 0 Å². The number of rotatable bonds is 8. The molecule has 1 N–H and O–H groups in total. The van der Waals surface area contributed by atoms with Crippen LogP contribution in [0, 0.1) is 0 Å². The minimum Gasteiger partial charge on any atom is -0.353 e. The molecule has 0 spiro atoms. The summed E-state index contributed by atoms with van der Waals surface area (Å²) < 4.78 is 2.10. The van der Waals surface area contributed by atoms with Crippen LogP contribution >= 0.6 is 23.1 Å². The first-order valence-electron chi connectivity index (χ1n) is 8.78. The average Bonchev–Trinajstić information content (AvgIpc) is 3.14. The molecular formula is C19H20N4OS2. The zero-order valence-electron chi connectivity index (χ0n) is 14.3. The lowest BCUT2D eigenvalue weighted by Gasteiger charge is -2.09. The Balaban J connectivity index is 1.46. The number of hydrogen-bond acceptors (Lipinski definition) is 5. The van der Waals surface area contributed by atoms with Crippen molar-refractivity contribution in [1.29, 1.82) is 0 Å². The van der Waals surface area contributed by atoms with Crippen molar-refractivity contribution in [3.8, 4) is 16.4 Å². The molecule has 0 unspecified atom stereocenters. The Morgan fingerprint density at radius 2 is 2.04 bits per heavy atom. The molecule has 2 aromatic heterocycles. The number of carbonyl (C=O) groups excluding carboxylic acids is 1. The molecule has 1 amide bonds. The van der Waals surface area contributed by atoms with Gasteiger partial charge in [-0.25, -0.2) is 0 Å². The third-order valence-electron chi connectivity index (χ3n) is 4.11. The Labute approximate surface area is 160 Å². The van der Waals surface area contributed by atoms with E-state index in [1.165, 1.54) is 0 Å². The van der Waals surface area contributed by atoms with E-state index in [1.807, 2.05) is 29.6 Å². The highest BCUT2D eigenvalue weighted by atomic mass is 32.2. The first kappa shape index (κ1) is 17.3. The van der Waals surface area contributed by atoms with Gasteiger partial charge in [0.05, 0.1) is 4.88 Å². The average molecular weight is 385 g/mol. The maximum absolute atomic E-state index is 11.8. The smallest absolute Gasteiger partial charge is 0.220 e.